The highest BCUT2D eigenvalue weighted by Crippen LogP contribution is 2.61. The van der Waals surface area contributed by atoms with Gasteiger partial charge in [0.25, 0.3) is 0 Å². The molecule has 4 heteroatoms. The Morgan fingerprint density at radius 1 is 0.215 bits per heavy atom. The number of fused-ring (bicyclic) bond motifs is 11. The normalized spacial score (nSPS) is 12.4. The van der Waals surface area contributed by atoms with Gasteiger partial charge in [0.2, 0.25) is 0 Å². The van der Waals surface area contributed by atoms with E-state index in [0.29, 0.717) is 0 Å². The molecule has 0 saturated carbocycles. The fourth-order valence-corrected chi connectivity index (χ4v) is 15.0. The van der Waals surface area contributed by atoms with Crippen LogP contribution >= 0.6 is 0 Å². The first-order valence-corrected chi connectivity index (χ1v) is 31.9. The van der Waals surface area contributed by atoms with Crippen LogP contribution in [0.25, 0.3) is 110 Å². The van der Waals surface area contributed by atoms with Gasteiger partial charge in [0.05, 0.1) is 22.5 Å². The lowest BCUT2D eigenvalue weighted by atomic mass is 9.67. The van der Waals surface area contributed by atoms with Crippen molar-refractivity contribution in [1.82, 2.24) is 0 Å². The molecular formula is C89H58N2O2. The topological polar surface area (TPSA) is 32.8 Å². The highest BCUT2D eigenvalue weighted by molar-refractivity contribution is 6.17. The fraction of sp³-hybridized carbons (Fsp3) is 0.0112. The molecule has 15 aromatic carbocycles. The second-order valence-electron chi connectivity index (χ2n) is 24.2. The summed E-state index contributed by atoms with van der Waals surface area (Å²) in [6.45, 7) is 0. The van der Waals surface area contributed by atoms with Crippen molar-refractivity contribution in [1.29, 1.82) is 0 Å². The predicted octanol–water partition coefficient (Wildman–Crippen LogP) is 24.6. The van der Waals surface area contributed by atoms with Crippen LogP contribution in [0, 0.1) is 0 Å². The average Bonchev–Trinajstić information content (AvgIpc) is 1.54. The summed E-state index contributed by atoms with van der Waals surface area (Å²) in [6, 6.07) is 128. The molecule has 0 N–H and O–H groups in total. The Morgan fingerprint density at radius 3 is 1.06 bits per heavy atom. The van der Waals surface area contributed by atoms with Crippen molar-refractivity contribution in [3.63, 3.8) is 0 Å². The maximum atomic E-state index is 7.38. The van der Waals surface area contributed by atoms with Crippen LogP contribution in [0.2, 0.25) is 0 Å². The highest BCUT2D eigenvalue weighted by Gasteiger charge is 2.48. The Labute approximate surface area is 539 Å². The first-order valence-electron chi connectivity index (χ1n) is 31.9. The number of rotatable bonds is 12. The number of benzene rings is 15. The minimum atomic E-state index is -0.848. The summed E-state index contributed by atoms with van der Waals surface area (Å²) in [5, 5.41) is 6.50. The minimum absolute atomic E-state index is 0.811. The van der Waals surface area contributed by atoms with E-state index < -0.39 is 5.41 Å². The van der Waals surface area contributed by atoms with Crippen LogP contribution in [0.15, 0.2) is 361 Å². The van der Waals surface area contributed by atoms with Crippen molar-refractivity contribution < 1.29 is 8.83 Å². The van der Waals surface area contributed by atoms with Crippen molar-refractivity contribution in [2.24, 2.45) is 0 Å². The zero-order chi connectivity index (χ0) is 61.4. The van der Waals surface area contributed by atoms with Gasteiger partial charge in [-0.25, -0.2) is 0 Å². The van der Waals surface area contributed by atoms with Gasteiger partial charge in [-0.05, 0) is 127 Å². The van der Waals surface area contributed by atoms with E-state index in [-0.39, 0.29) is 0 Å². The van der Waals surface area contributed by atoms with E-state index in [0.717, 1.165) is 144 Å². The van der Waals surface area contributed by atoms with Crippen LogP contribution in [-0.2, 0) is 5.41 Å². The molecule has 1 aliphatic carbocycles. The molecule has 0 spiro atoms. The molecule has 0 fully saturated rings. The second-order valence-corrected chi connectivity index (χ2v) is 24.2. The number of furan rings is 2. The van der Waals surface area contributed by atoms with Crippen LogP contribution in [0.1, 0.15) is 22.3 Å². The van der Waals surface area contributed by atoms with E-state index in [4.69, 9.17) is 8.83 Å². The zero-order valence-corrected chi connectivity index (χ0v) is 50.7. The summed E-state index contributed by atoms with van der Waals surface area (Å²) in [5.74, 6) is 0. The van der Waals surface area contributed by atoms with Crippen molar-refractivity contribution in [3.05, 3.63) is 374 Å². The fourth-order valence-electron chi connectivity index (χ4n) is 15.0. The summed E-state index contributed by atoms with van der Waals surface area (Å²) in [6.07, 6.45) is 0. The van der Waals surface area contributed by atoms with E-state index >= 15 is 0 Å². The summed E-state index contributed by atoms with van der Waals surface area (Å²) in [5.41, 5.74) is 24.4. The summed E-state index contributed by atoms with van der Waals surface area (Å²) < 4.78 is 14.7. The van der Waals surface area contributed by atoms with Gasteiger partial charge in [-0.3, -0.25) is 0 Å². The molecule has 0 radical (unpaired) electrons. The molecule has 0 unspecified atom stereocenters. The molecule has 2 aromatic heterocycles. The van der Waals surface area contributed by atoms with Crippen molar-refractivity contribution in [2.45, 2.75) is 5.41 Å². The van der Waals surface area contributed by atoms with Crippen LogP contribution in [-0.4, -0.2) is 0 Å². The van der Waals surface area contributed by atoms with Gasteiger partial charge in [-0.1, -0.05) is 297 Å². The lowest BCUT2D eigenvalue weighted by Crippen LogP contribution is -2.29. The largest absolute Gasteiger partial charge is 0.453 e. The van der Waals surface area contributed by atoms with E-state index in [1.54, 1.807) is 0 Å². The quantitative estimate of drug-likeness (QED) is 0.122. The first kappa shape index (κ1) is 53.8. The summed E-state index contributed by atoms with van der Waals surface area (Å²) in [4.78, 5) is 4.87. The van der Waals surface area contributed by atoms with Crippen LogP contribution in [0.5, 0.6) is 0 Å². The smallest absolute Gasteiger partial charge is 0.159 e. The zero-order valence-electron chi connectivity index (χ0n) is 50.7. The monoisotopic (exact) mass is 1190 g/mol. The van der Waals surface area contributed by atoms with Gasteiger partial charge in [-0.15, -0.1) is 0 Å². The number of nitrogens with zero attached hydrogens (tertiary/aromatic N) is 2. The van der Waals surface area contributed by atoms with Gasteiger partial charge in [0, 0.05) is 55.1 Å². The van der Waals surface area contributed by atoms with E-state index in [1.807, 2.05) is 0 Å². The van der Waals surface area contributed by atoms with E-state index in [2.05, 4.69) is 362 Å². The third-order valence-corrected chi connectivity index (χ3v) is 19.1. The van der Waals surface area contributed by atoms with Gasteiger partial charge < -0.3 is 18.6 Å². The van der Waals surface area contributed by atoms with Crippen LogP contribution in [0.4, 0.5) is 34.1 Å². The van der Waals surface area contributed by atoms with E-state index in [9.17, 15) is 0 Å². The van der Waals surface area contributed by atoms with Gasteiger partial charge in [-0.2, -0.15) is 0 Å². The maximum absolute atomic E-state index is 7.38. The number of para-hydroxylation sites is 4. The highest BCUT2D eigenvalue weighted by atomic mass is 16.3. The third-order valence-electron chi connectivity index (χ3n) is 19.1. The molecule has 2 heterocycles. The van der Waals surface area contributed by atoms with Crippen molar-refractivity contribution in [3.8, 4) is 55.6 Å². The Kier molecular flexibility index (Phi) is 12.8. The minimum Gasteiger partial charge on any atom is -0.453 e. The molecule has 0 atom stereocenters. The van der Waals surface area contributed by atoms with E-state index in [1.165, 1.54) is 22.3 Å². The number of anilines is 6. The molecule has 436 valence electrons. The van der Waals surface area contributed by atoms with Gasteiger partial charge >= 0.3 is 0 Å². The Morgan fingerprint density at radius 2 is 0.581 bits per heavy atom. The molecule has 0 aliphatic heterocycles. The van der Waals surface area contributed by atoms with Crippen LogP contribution in [0.3, 0.4) is 0 Å². The van der Waals surface area contributed by atoms with Crippen molar-refractivity contribution >= 4 is 88.8 Å². The number of hydrogen-bond donors (Lipinski definition) is 0. The molecule has 1 aliphatic rings. The summed E-state index contributed by atoms with van der Waals surface area (Å²) in [7, 11) is 0. The van der Waals surface area contributed by atoms with Crippen molar-refractivity contribution in [2.75, 3.05) is 9.80 Å². The Hall–Kier alpha value is -12.2. The van der Waals surface area contributed by atoms with Crippen LogP contribution < -0.4 is 9.80 Å². The van der Waals surface area contributed by atoms with Gasteiger partial charge in [0.15, 0.2) is 11.2 Å². The van der Waals surface area contributed by atoms with Gasteiger partial charge in [0.1, 0.15) is 11.2 Å². The average molecular weight is 1190 g/mol. The molecule has 0 saturated heterocycles. The lowest BCUT2D eigenvalue weighted by Gasteiger charge is -2.36. The third kappa shape index (κ3) is 8.68. The maximum Gasteiger partial charge on any atom is 0.159 e. The standard InChI is InChI=1S/C89H58N2O2/c1-7-25-59(26-8-1)61-47-51-67(52-48-61)90(81-45-23-43-76-74-41-21-39-70(85(74)92-87(76)81)63-29-11-3-12-30-63)69-55-56-78-79(57-69)89(65-33-15-5-16-34-65,66-35-17-6-18-36-66)80-58-83(72-37-19-20-38-73(72)84(78)80)91(68-53-49-62(50-54-68)60-27-9-2-10-28-60)82-46-24-44-77-75-42-22-40-71(86(75)93-88(77)82)64-31-13-4-14-32-64/h1-58H. The molecule has 93 heavy (non-hydrogen) atoms. The lowest BCUT2D eigenvalue weighted by molar-refractivity contribution is 0.670. The Bertz CT molecular complexity index is 5610. The molecule has 18 rings (SSSR count). The first-order chi connectivity index (χ1) is 46.2. The molecule has 0 amide bonds. The SMILES string of the molecule is c1ccc(-c2ccc(N(c3ccc4c(c3)C(c3ccccc3)(c3ccccc3)c3cc(N(c5ccc(-c6ccccc6)cc5)c5cccc6c5oc5c(-c7ccccc7)cccc56)c5ccccc5c3-4)c3cccc4c3oc3c(-c5ccccc5)cccc34)cc2)cc1. The molecule has 4 nitrogen and oxygen atoms in total. The molecule has 17 aromatic rings. The second kappa shape index (κ2) is 22.1. The molecular weight excluding hydrogens is 1130 g/mol. The summed E-state index contributed by atoms with van der Waals surface area (Å²) >= 11 is 0. The number of hydrogen-bond acceptors (Lipinski definition) is 4. The Balaban J connectivity index is 0.907. The molecule has 0 bridgehead atoms. The predicted molar refractivity (Wildman–Crippen MR) is 387 cm³/mol.